The van der Waals surface area contributed by atoms with Crippen LogP contribution in [0.3, 0.4) is 0 Å². The number of aromatic amines is 1. The maximum atomic E-state index is 3.32. The molecule has 1 aromatic rings. The zero-order valence-corrected chi connectivity index (χ0v) is 9.62. The van der Waals surface area contributed by atoms with E-state index in [9.17, 15) is 0 Å². The Morgan fingerprint density at radius 2 is 1.75 bits per heavy atom. The molecule has 1 aromatic carbocycles. The monoisotopic (exact) mass is 219 g/mol. The van der Waals surface area contributed by atoms with E-state index in [1.165, 1.54) is 32.8 Å². The van der Waals surface area contributed by atoms with Gasteiger partial charge in [0, 0.05) is 17.5 Å². The first-order chi connectivity index (χ1) is 7.93. The van der Waals surface area contributed by atoms with E-state index in [0.717, 1.165) is 9.52 Å². The minimum atomic E-state index is 0.785. The quantitative estimate of drug-likeness (QED) is 0.434. The molecule has 0 unspecified atom stereocenters. The number of pyridine rings is 1. The van der Waals surface area contributed by atoms with Crippen LogP contribution < -0.4 is 10.4 Å². The van der Waals surface area contributed by atoms with Crippen LogP contribution >= 0.6 is 0 Å². The van der Waals surface area contributed by atoms with Crippen LogP contribution in [-0.2, 0) is 0 Å². The molecule has 2 aliphatic heterocycles. The third-order valence-corrected chi connectivity index (χ3v) is 4.59. The molecular weight excluding hydrogens is 210 g/mol. The van der Waals surface area contributed by atoms with Crippen LogP contribution in [0.1, 0.15) is 0 Å². The second-order valence-corrected chi connectivity index (χ2v) is 5.42. The fourth-order valence-corrected chi connectivity index (χ4v) is 3.87. The number of fused-ring (bicyclic) bond motifs is 2. The molecule has 0 fully saturated rings. The zero-order chi connectivity index (χ0) is 10.5. The van der Waals surface area contributed by atoms with Crippen LogP contribution in [0.2, 0.25) is 0 Å². The summed E-state index contributed by atoms with van der Waals surface area (Å²) in [5.41, 5.74) is 5.47. The summed E-state index contributed by atoms with van der Waals surface area (Å²) in [4.78, 5) is 3.32. The highest BCUT2D eigenvalue weighted by Crippen LogP contribution is 2.33. The van der Waals surface area contributed by atoms with Crippen LogP contribution in [0, 0.1) is 0 Å². The van der Waals surface area contributed by atoms with Crippen molar-refractivity contribution in [2.75, 3.05) is 0 Å². The van der Waals surface area contributed by atoms with E-state index >= 15 is 0 Å². The van der Waals surface area contributed by atoms with Gasteiger partial charge in [-0.05, 0) is 28.4 Å². The lowest BCUT2D eigenvalue weighted by Crippen LogP contribution is -2.33. The van der Waals surface area contributed by atoms with Gasteiger partial charge in [0.1, 0.15) is 9.52 Å². The van der Waals surface area contributed by atoms with Gasteiger partial charge in [-0.25, -0.2) is 0 Å². The third-order valence-electron chi connectivity index (χ3n) is 3.20. The molecule has 16 heavy (non-hydrogen) atoms. The van der Waals surface area contributed by atoms with Gasteiger partial charge in [-0.15, -0.1) is 0 Å². The molecule has 1 N–H and O–H groups in total. The minimum absolute atomic E-state index is 0.785. The first-order valence-electron chi connectivity index (χ1n) is 5.40. The zero-order valence-electron chi connectivity index (χ0n) is 8.62. The Hall–Kier alpha value is -1.80. The Kier molecular flexibility index (Phi) is 1.49. The average molecular weight is 219 g/mol. The number of H-pyrrole nitrogens is 1. The van der Waals surface area contributed by atoms with E-state index in [-0.39, 0.29) is 0 Å². The molecule has 1 nitrogen and oxygen atoms in total. The molecule has 4 rings (SSSR count). The van der Waals surface area contributed by atoms with E-state index in [0.29, 0.717) is 0 Å². The van der Waals surface area contributed by atoms with Crippen molar-refractivity contribution in [3.05, 3.63) is 48.7 Å². The van der Waals surface area contributed by atoms with Crippen molar-refractivity contribution in [3.8, 4) is 22.4 Å². The van der Waals surface area contributed by atoms with Gasteiger partial charge < -0.3 is 4.98 Å². The SMILES string of the molecule is c1ccc2c(c1)[Si]c1cc[nH]c3ccc-2c1-3. The Morgan fingerprint density at radius 3 is 2.75 bits per heavy atom. The number of hydrogen-bond acceptors (Lipinski definition) is 0. The Balaban J connectivity index is 2.15. The summed E-state index contributed by atoms with van der Waals surface area (Å²) in [6.45, 7) is 0. The van der Waals surface area contributed by atoms with Gasteiger partial charge in [0.15, 0.2) is 0 Å². The maximum absolute atomic E-state index is 3.32. The smallest absolute Gasteiger partial charge is 0.123 e. The summed E-state index contributed by atoms with van der Waals surface area (Å²) in [5.74, 6) is 0. The average Bonchev–Trinajstić information content (AvgIpc) is 2.76. The van der Waals surface area contributed by atoms with Gasteiger partial charge in [-0.2, -0.15) is 0 Å². The first kappa shape index (κ1) is 8.36. The molecule has 0 saturated carbocycles. The van der Waals surface area contributed by atoms with Crippen molar-refractivity contribution >= 4 is 19.9 Å². The number of rotatable bonds is 0. The number of nitrogens with one attached hydrogen (secondary N) is 1. The molecule has 0 aromatic heterocycles. The van der Waals surface area contributed by atoms with Crippen molar-refractivity contribution in [2.45, 2.75) is 0 Å². The van der Waals surface area contributed by atoms with E-state index in [2.05, 4.69) is 47.4 Å². The lowest BCUT2D eigenvalue weighted by Gasteiger charge is -2.19. The number of aromatic nitrogens is 1. The Labute approximate surface area is 96.3 Å². The molecule has 0 spiro atoms. The highest BCUT2D eigenvalue weighted by molar-refractivity contribution is 6.71. The Morgan fingerprint density at radius 1 is 0.812 bits per heavy atom. The highest BCUT2D eigenvalue weighted by atomic mass is 28.2. The predicted molar refractivity (Wildman–Crippen MR) is 67.9 cm³/mol. The normalized spacial score (nSPS) is 12.8. The molecule has 0 atom stereocenters. The highest BCUT2D eigenvalue weighted by Gasteiger charge is 2.22. The second kappa shape index (κ2) is 2.86. The lowest BCUT2D eigenvalue weighted by molar-refractivity contribution is 1.35. The molecule has 2 heterocycles. The molecule has 74 valence electrons. The van der Waals surface area contributed by atoms with Crippen LogP contribution in [0.4, 0.5) is 0 Å². The molecule has 0 saturated heterocycles. The molecule has 2 radical (unpaired) electrons. The van der Waals surface area contributed by atoms with Crippen molar-refractivity contribution < 1.29 is 0 Å². The van der Waals surface area contributed by atoms with E-state index in [1.807, 2.05) is 6.20 Å². The topological polar surface area (TPSA) is 15.8 Å². The standard InChI is InChI=1S/C14H9NSi/c1-2-4-12-9(3-1)10-5-6-11-14(10)13(16-12)7-8-15-11/h1-8,15H. The number of hydrogen-bond donors (Lipinski definition) is 1. The van der Waals surface area contributed by atoms with Gasteiger partial charge in [-0.1, -0.05) is 35.5 Å². The van der Waals surface area contributed by atoms with Crippen molar-refractivity contribution in [1.29, 1.82) is 0 Å². The second-order valence-electron chi connectivity index (χ2n) is 4.10. The van der Waals surface area contributed by atoms with Crippen molar-refractivity contribution in [3.63, 3.8) is 0 Å². The summed E-state index contributed by atoms with van der Waals surface area (Å²) in [6, 6.07) is 15.3. The molecule has 2 heteroatoms. The van der Waals surface area contributed by atoms with Crippen molar-refractivity contribution in [1.82, 2.24) is 4.98 Å². The van der Waals surface area contributed by atoms with Crippen LogP contribution in [0.25, 0.3) is 22.4 Å². The van der Waals surface area contributed by atoms with Crippen LogP contribution in [0.5, 0.6) is 0 Å². The molecule has 3 aliphatic rings. The lowest BCUT2D eigenvalue weighted by atomic mass is 10.0. The van der Waals surface area contributed by atoms with E-state index in [4.69, 9.17) is 0 Å². The first-order valence-corrected chi connectivity index (χ1v) is 6.40. The summed E-state index contributed by atoms with van der Waals surface area (Å²) in [6.07, 6.45) is 2.04. The van der Waals surface area contributed by atoms with E-state index in [1.54, 1.807) is 0 Å². The van der Waals surface area contributed by atoms with Crippen molar-refractivity contribution in [2.24, 2.45) is 0 Å². The summed E-state index contributed by atoms with van der Waals surface area (Å²) in [7, 11) is 0.785. The minimum Gasteiger partial charge on any atom is -0.361 e. The summed E-state index contributed by atoms with van der Waals surface area (Å²) >= 11 is 0. The van der Waals surface area contributed by atoms with Gasteiger partial charge in [0.05, 0.1) is 0 Å². The summed E-state index contributed by atoms with van der Waals surface area (Å²) < 4.78 is 0. The summed E-state index contributed by atoms with van der Waals surface area (Å²) in [5, 5.41) is 2.93. The molecule has 0 amide bonds. The Bertz CT molecular complexity index is 654. The molecule has 1 aliphatic carbocycles. The predicted octanol–water partition coefficient (Wildman–Crippen LogP) is 1.75. The van der Waals surface area contributed by atoms with Gasteiger partial charge in [-0.3, -0.25) is 0 Å². The fourth-order valence-electron chi connectivity index (χ4n) is 2.49. The van der Waals surface area contributed by atoms with Crippen LogP contribution in [0.15, 0.2) is 48.7 Å². The number of benzene rings is 1. The largest absolute Gasteiger partial charge is 0.361 e. The molecular formula is C14H9NSi. The van der Waals surface area contributed by atoms with Gasteiger partial charge in [0.2, 0.25) is 0 Å². The van der Waals surface area contributed by atoms with E-state index < -0.39 is 0 Å². The third kappa shape index (κ3) is 0.946. The van der Waals surface area contributed by atoms with Gasteiger partial charge >= 0.3 is 0 Å². The maximum Gasteiger partial charge on any atom is 0.123 e. The van der Waals surface area contributed by atoms with Gasteiger partial charge in [0.25, 0.3) is 0 Å². The molecule has 0 bridgehead atoms. The van der Waals surface area contributed by atoms with Crippen LogP contribution in [-0.4, -0.2) is 14.5 Å². The fraction of sp³-hybridized carbons (Fsp3) is 0.